The van der Waals surface area contributed by atoms with E-state index in [1.807, 2.05) is 9.80 Å². The summed E-state index contributed by atoms with van der Waals surface area (Å²) in [5.74, 6) is 0.493. The maximum atomic E-state index is 12.8. The molecule has 7 nitrogen and oxygen atoms in total. The van der Waals surface area contributed by atoms with Crippen LogP contribution in [0, 0.1) is 5.92 Å². The lowest BCUT2D eigenvalue weighted by Crippen LogP contribution is -2.57. The van der Waals surface area contributed by atoms with Crippen molar-refractivity contribution in [3.8, 4) is 0 Å². The van der Waals surface area contributed by atoms with Gasteiger partial charge in [0.05, 0.1) is 5.56 Å². The molecule has 0 aromatic carbocycles. The first-order chi connectivity index (χ1) is 12.0. The highest BCUT2D eigenvalue weighted by Gasteiger charge is 2.40. The Labute approximate surface area is 159 Å². The highest BCUT2D eigenvalue weighted by atomic mass is 35.5. The predicted octanol–water partition coefficient (Wildman–Crippen LogP) is 0.609. The second-order valence-electron chi connectivity index (χ2n) is 7.00. The zero-order valence-electron chi connectivity index (χ0n) is 15.1. The van der Waals surface area contributed by atoms with Gasteiger partial charge in [0.15, 0.2) is 0 Å². The van der Waals surface area contributed by atoms with E-state index in [4.69, 9.17) is 5.73 Å². The van der Waals surface area contributed by atoms with Gasteiger partial charge in [0.1, 0.15) is 0 Å². The average molecular weight is 383 g/mol. The maximum absolute atomic E-state index is 12.8. The van der Waals surface area contributed by atoms with E-state index in [1.54, 1.807) is 19.3 Å². The van der Waals surface area contributed by atoms with E-state index < -0.39 is 0 Å². The van der Waals surface area contributed by atoms with Crippen molar-refractivity contribution in [2.45, 2.75) is 31.7 Å². The molecule has 0 saturated carbocycles. The molecule has 0 unspecified atom stereocenters. The fourth-order valence-corrected chi connectivity index (χ4v) is 3.99. The molecule has 2 atom stereocenters. The zero-order valence-corrected chi connectivity index (χ0v) is 15.9. The number of aromatic nitrogens is 1. The van der Waals surface area contributed by atoms with Crippen molar-refractivity contribution < 1.29 is 9.59 Å². The standard InChI is InChI=1S/C18H26N4O3.ClH/c1-20-11-14(4-5-16(20)23)18(25)21-10-7-15-13(12-21)3-6-17(24)22(15)9-2-8-19;/h4-5,11,13,15H,2-3,6-10,12,19H2,1H3;1H/t13-,15+;/m0./s1. The van der Waals surface area contributed by atoms with Crippen molar-refractivity contribution in [2.75, 3.05) is 26.2 Å². The third-order valence-electron chi connectivity index (χ3n) is 5.37. The Kier molecular flexibility index (Phi) is 6.83. The second-order valence-corrected chi connectivity index (χ2v) is 7.00. The summed E-state index contributed by atoms with van der Waals surface area (Å²) in [6.45, 7) is 2.59. The highest BCUT2D eigenvalue weighted by molar-refractivity contribution is 5.94. The molecule has 2 fully saturated rings. The van der Waals surface area contributed by atoms with Gasteiger partial charge in [-0.2, -0.15) is 0 Å². The molecule has 2 N–H and O–H groups in total. The van der Waals surface area contributed by atoms with E-state index in [2.05, 4.69) is 0 Å². The van der Waals surface area contributed by atoms with Crippen LogP contribution in [-0.2, 0) is 11.8 Å². The van der Waals surface area contributed by atoms with Crippen molar-refractivity contribution in [2.24, 2.45) is 18.7 Å². The summed E-state index contributed by atoms with van der Waals surface area (Å²) in [7, 11) is 1.65. The number of aryl methyl sites for hydroxylation is 1. The minimum absolute atomic E-state index is 0. The van der Waals surface area contributed by atoms with Crippen LogP contribution in [0.15, 0.2) is 23.1 Å². The van der Waals surface area contributed by atoms with Gasteiger partial charge in [-0.05, 0) is 37.8 Å². The van der Waals surface area contributed by atoms with Crippen molar-refractivity contribution in [3.63, 3.8) is 0 Å². The summed E-state index contributed by atoms with van der Waals surface area (Å²) in [6, 6.07) is 3.24. The molecule has 3 rings (SSSR count). The van der Waals surface area contributed by atoms with Gasteiger partial charge >= 0.3 is 0 Å². The van der Waals surface area contributed by atoms with Crippen LogP contribution >= 0.6 is 12.4 Å². The van der Waals surface area contributed by atoms with E-state index >= 15 is 0 Å². The first-order valence-electron chi connectivity index (χ1n) is 8.96. The summed E-state index contributed by atoms with van der Waals surface area (Å²) >= 11 is 0. The van der Waals surface area contributed by atoms with Gasteiger partial charge in [0.2, 0.25) is 11.5 Å². The molecule has 8 heteroatoms. The lowest BCUT2D eigenvalue weighted by molar-refractivity contribution is -0.140. The predicted molar refractivity (Wildman–Crippen MR) is 101 cm³/mol. The van der Waals surface area contributed by atoms with Crippen LogP contribution in [-0.4, -0.2) is 58.4 Å². The number of hydrogen-bond donors (Lipinski definition) is 1. The number of halogens is 1. The van der Waals surface area contributed by atoms with E-state index in [1.165, 1.54) is 10.6 Å². The molecule has 3 heterocycles. The normalized spacial score (nSPS) is 22.6. The van der Waals surface area contributed by atoms with E-state index in [-0.39, 0.29) is 35.8 Å². The summed E-state index contributed by atoms with van der Waals surface area (Å²) in [4.78, 5) is 40.3. The Morgan fingerprint density at radius 1 is 1.27 bits per heavy atom. The van der Waals surface area contributed by atoms with Crippen LogP contribution in [0.3, 0.4) is 0 Å². The molecule has 2 aliphatic rings. The van der Waals surface area contributed by atoms with E-state index in [9.17, 15) is 14.4 Å². The van der Waals surface area contributed by atoms with E-state index in [0.29, 0.717) is 44.1 Å². The van der Waals surface area contributed by atoms with Crippen LogP contribution in [0.2, 0.25) is 0 Å². The number of carbonyl (C=O) groups excluding carboxylic acids is 2. The van der Waals surface area contributed by atoms with Crippen LogP contribution in [0.1, 0.15) is 36.0 Å². The van der Waals surface area contributed by atoms with Crippen molar-refractivity contribution in [1.82, 2.24) is 14.4 Å². The summed E-state index contributed by atoms with van der Waals surface area (Å²) < 4.78 is 1.42. The van der Waals surface area contributed by atoms with Crippen molar-refractivity contribution in [1.29, 1.82) is 0 Å². The summed E-state index contributed by atoms with van der Waals surface area (Å²) in [5, 5.41) is 0. The largest absolute Gasteiger partial charge is 0.339 e. The van der Waals surface area contributed by atoms with E-state index in [0.717, 1.165) is 19.3 Å². The van der Waals surface area contributed by atoms with Crippen molar-refractivity contribution in [3.05, 3.63) is 34.2 Å². The quantitative estimate of drug-likeness (QED) is 0.826. The zero-order chi connectivity index (χ0) is 18.0. The van der Waals surface area contributed by atoms with Gasteiger partial charge in [-0.25, -0.2) is 0 Å². The SMILES string of the molecule is Cl.Cn1cc(C(=O)N2CC[C@@H]3[C@@H](CCC(=O)N3CCCN)C2)ccc1=O. The number of fused-ring (bicyclic) bond motifs is 1. The summed E-state index contributed by atoms with van der Waals surface area (Å²) in [6.07, 6.45) is 4.59. The number of hydrogen-bond acceptors (Lipinski definition) is 4. The molecule has 1 aromatic heterocycles. The Morgan fingerprint density at radius 2 is 2.04 bits per heavy atom. The smallest absolute Gasteiger partial charge is 0.255 e. The molecule has 2 saturated heterocycles. The number of pyridine rings is 1. The second kappa shape index (κ2) is 8.68. The Morgan fingerprint density at radius 3 is 2.73 bits per heavy atom. The Bertz CT molecular complexity index is 721. The molecule has 2 amide bonds. The molecule has 1 aromatic rings. The first kappa shape index (κ1) is 20.5. The van der Waals surface area contributed by atoms with Gasteiger partial charge in [-0.1, -0.05) is 0 Å². The topological polar surface area (TPSA) is 88.6 Å². The van der Waals surface area contributed by atoms with Crippen LogP contribution in [0.5, 0.6) is 0 Å². The molecule has 0 radical (unpaired) electrons. The lowest BCUT2D eigenvalue weighted by Gasteiger charge is -2.47. The number of rotatable bonds is 4. The number of amides is 2. The fraction of sp³-hybridized carbons (Fsp3) is 0.611. The number of likely N-dealkylation sites (tertiary alicyclic amines) is 2. The monoisotopic (exact) mass is 382 g/mol. The highest BCUT2D eigenvalue weighted by Crippen LogP contribution is 2.31. The molecular weight excluding hydrogens is 356 g/mol. The Hall–Kier alpha value is -1.86. The third-order valence-corrected chi connectivity index (χ3v) is 5.37. The number of nitrogens with zero attached hydrogens (tertiary/aromatic N) is 3. The van der Waals surface area contributed by atoms with Gasteiger partial charge in [0.25, 0.3) is 5.91 Å². The molecular formula is C18H27ClN4O3. The third kappa shape index (κ3) is 4.10. The number of piperidine rings is 2. The number of carbonyl (C=O) groups is 2. The first-order valence-corrected chi connectivity index (χ1v) is 8.96. The van der Waals surface area contributed by atoms with Crippen LogP contribution < -0.4 is 11.3 Å². The molecule has 26 heavy (non-hydrogen) atoms. The van der Waals surface area contributed by atoms with Crippen LogP contribution in [0.25, 0.3) is 0 Å². The molecule has 2 aliphatic heterocycles. The average Bonchev–Trinajstić information content (AvgIpc) is 2.62. The maximum Gasteiger partial charge on any atom is 0.255 e. The van der Waals surface area contributed by atoms with Gasteiger partial charge < -0.3 is 20.1 Å². The van der Waals surface area contributed by atoms with Gasteiger partial charge in [0, 0.05) is 51.4 Å². The van der Waals surface area contributed by atoms with Gasteiger partial charge in [-0.3, -0.25) is 14.4 Å². The molecule has 0 aliphatic carbocycles. The molecule has 0 spiro atoms. The lowest BCUT2D eigenvalue weighted by atomic mass is 9.83. The minimum Gasteiger partial charge on any atom is -0.339 e. The summed E-state index contributed by atoms with van der Waals surface area (Å²) in [5.41, 5.74) is 6.00. The number of nitrogens with two attached hydrogens (primary N) is 1. The molecule has 144 valence electrons. The Balaban J connectivity index is 0.00000243. The van der Waals surface area contributed by atoms with Gasteiger partial charge in [-0.15, -0.1) is 12.4 Å². The fourth-order valence-electron chi connectivity index (χ4n) is 3.99. The van der Waals surface area contributed by atoms with Crippen molar-refractivity contribution >= 4 is 24.2 Å². The minimum atomic E-state index is -0.128. The molecule has 0 bridgehead atoms. The van der Waals surface area contributed by atoms with Crippen LogP contribution in [0.4, 0.5) is 0 Å².